The quantitative estimate of drug-likeness (QED) is 0.566. The van der Waals surface area contributed by atoms with Gasteiger partial charge < -0.3 is 19.5 Å². The van der Waals surface area contributed by atoms with Crippen LogP contribution in [0.3, 0.4) is 0 Å². The molecule has 0 atom stereocenters. The van der Waals surface area contributed by atoms with E-state index in [0.717, 1.165) is 44.0 Å². The van der Waals surface area contributed by atoms with Crippen molar-refractivity contribution in [2.45, 2.75) is 24.5 Å². The Morgan fingerprint density at radius 1 is 1.00 bits per heavy atom. The van der Waals surface area contributed by atoms with E-state index in [9.17, 15) is 13.2 Å². The minimum Gasteiger partial charge on any atom is -0.455 e. The third-order valence-electron chi connectivity index (χ3n) is 5.96. The zero-order valence-electron chi connectivity index (χ0n) is 19.0. The van der Waals surface area contributed by atoms with Gasteiger partial charge in [0.2, 0.25) is 0 Å². The molecule has 0 unspecified atom stereocenters. The molecule has 7 nitrogen and oxygen atoms in total. The standard InChI is InChI=1S/C25H29N3O4S/c1-3-27-13-15-28(16-14-27)20-9-11-23(19(2)17-20)26-25(29)24-12-10-21(32-24)18-33(30,31)22-7-5-4-6-8-22/h4-12,17H,3,13-16,18H2,1-2H3,(H,26,29). The fourth-order valence-electron chi connectivity index (χ4n) is 3.97. The molecule has 174 valence electrons. The van der Waals surface area contributed by atoms with Crippen LogP contribution in [0.25, 0.3) is 0 Å². The summed E-state index contributed by atoms with van der Waals surface area (Å²) in [5.74, 6) is -0.413. The van der Waals surface area contributed by atoms with Crippen LogP contribution in [0, 0.1) is 6.92 Å². The summed E-state index contributed by atoms with van der Waals surface area (Å²) in [6, 6.07) is 17.2. The number of benzene rings is 2. The van der Waals surface area contributed by atoms with E-state index in [2.05, 4.69) is 28.1 Å². The SMILES string of the molecule is CCN1CCN(c2ccc(NC(=O)c3ccc(CS(=O)(=O)c4ccccc4)o3)c(C)c2)CC1. The summed E-state index contributed by atoms with van der Waals surface area (Å²) in [4.78, 5) is 17.7. The predicted octanol–water partition coefficient (Wildman–Crippen LogP) is 3.96. The molecule has 2 aromatic carbocycles. The van der Waals surface area contributed by atoms with E-state index < -0.39 is 15.7 Å². The summed E-state index contributed by atoms with van der Waals surface area (Å²) in [7, 11) is -3.55. The van der Waals surface area contributed by atoms with Gasteiger partial charge in [-0.25, -0.2) is 8.42 Å². The Kier molecular flexibility index (Phi) is 6.85. The maximum absolute atomic E-state index is 12.7. The molecular formula is C25H29N3O4S. The highest BCUT2D eigenvalue weighted by molar-refractivity contribution is 7.90. The lowest BCUT2D eigenvalue weighted by Crippen LogP contribution is -2.46. The van der Waals surface area contributed by atoms with Gasteiger partial charge in [0.05, 0.1) is 4.90 Å². The molecule has 1 aromatic heterocycles. The van der Waals surface area contributed by atoms with Crippen molar-refractivity contribution in [3.63, 3.8) is 0 Å². The molecule has 1 aliphatic rings. The summed E-state index contributed by atoms with van der Waals surface area (Å²) < 4.78 is 30.6. The third-order valence-corrected chi connectivity index (χ3v) is 7.62. The average Bonchev–Trinajstić information content (AvgIpc) is 3.29. The monoisotopic (exact) mass is 467 g/mol. The van der Waals surface area contributed by atoms with Gasteiger partial charge in [-0.3, -0.25) is 4.79 Å². The van der Waals surface area contributed by atoms with Crippen LogP contribution >= 0.6 is 0 Å². The van der Waals surface area contributed by atoms with Crippen LogP contribution in [0.2, 0.25) is 0 Å². The molecule has 0 aliphatic carbocycles. The van der Waals surface area contributed by atoms with Gasteiger partial charge in [-0.1, -0.05) is 25.1 Å². The lowest BCUT2D eigenvalue weighted by atomic mass is 10.1. The maximum atomic E-state index is 12.7. The molecule has 1 amide bonds. The minimum absolute atomic E-state index is 0.0763. The molecular weight excluding hydrogens is 438 g/mol. The Labute approximate surface area is 194 Å². The van der Waals surface area contributed by atoms with Gasteiger partial charge in [-0.15, -0.1) is 0 Å². The normalized spacial score (nSPS) is 14.9. The molecule has 4 rings (SSSR count). The van der Waals surface area contributed by atoms with Crippen LogP contribution < -0.4 is 10.2 Å². The summed E-state index contributed by atoms with van der Waals surface area (Å²) in [6.07, 6.45) is 0. The Hall–Kier alpha value is -3.10. The van der Waals surface area contributed by atoms with Crippen molar-refractivity contribution >= 4 is 27.1 Å². The number of rotatable bonds is 7. The number of hydrogen-bond acceptors (Lipinski definition) is 6. The topological polar surface area (TPSA) is 82.9 Å². The van der Waals surface area contributed by atoms with E-state index in [0.29, 0.717) is 5.69 Å². The first-order chi connectivity index (χ1) is 15.9. The zero-order valence-corrected chi connectivity index (χ0v) is 19.8. The molecule has 0 radical (unpaired) electrons. The van der Waals surface area contributed by atoms with E-state index >= 15 is 0 Å². The lowest BCUT2D eigenvalue weighted by Gasteiger charge is -2.35. The van der Waals surface area contributed by atoms with Gasteiger partial charge in [0.15, 0.2) is 15.6 Å². The second-order valence-electron chi connectivity index (χ2n) is 8.21. The zero-order chi connectivity index (χ0) is 23.4. The Morgan fingerprint density at radius 3 is 2.39 bits per heavy atom. The third kappa shape index (κ3) is 5.46. The van der Waals surface area contributed by atoms with Crippen molar-refractivity contribution < 1.29 is 17.6 Å². The summed E-state index contributed by atoms with van der Waals surface area (Å²) >= 11 is 0. The van der Waals surface area contributed by atoms with E-state index in [1.54, 1.807) is 30.3 Å². The van der Waals surface area contributed by atoms with Crippen LogP contribution in [-0.4, -0.2) is 51.9 Å². The fraction of sp³-hybridized carbons (Fsp3) is 0.320. The van der Waals surface area contributed by atoms with Crippen LogP contribution in [0.15, 0.2) is 70.0 Å². The lowest BCUT2D eigenvalue weighted by molar-refractivity contribution is 0.0995. The Morgan fingerprint density at radius 2 is 1.73 bits per heavy atom. The van der Waals surface area contributed by atoms with Crippen LogP contribution in [0.5, 0.6) is 0 Å². The molecule has 0 saturated carbocycles. The van der Waals surface area contributed by atoms with Gasteiger partial charge in [-0.05, 0) is 61.5 Å². The molecule has 0 spiro atoms. The molecule has 33 heavy (non-hydrogen) atoms. The number of amides is 1. The molecule has 1 N–H and O–H groups in total. The van der Waals surface area contributed by atoms with Crippen molar-refractivity contribution in [1.29, 1.82) is 0 Å². The molecule has 8 heteroatoms. The van der Waals surface area contributed by atoms with Gasteiger partial charge in [0.25, 0.3) is 5.91 Å². The van der Waals surface area contributed by atoms with Crippen LogP contribution in [-0.2, 0) is 15.6 Å². The number of carbonyl (C=O) groups is 1. The van der Waals surface area contributed by atoms with E-state index in [4.69, 9.17) is 4.42 Å². The van der Waals surface area contributed by atoms with E-state index in [1.165, 1.54) is 12.1 Å². The number of aryl methyl sites for hydroxylation is 1. The molecule has 0 bridgehead atoms. The van der Waals surface area contributed by atoms with Gasteiger partial charge >= 0.3 is 0 Å². The van der Waals surface area contributed by atoms with Crippen molar-refractivity contribution in [3.8, 4) is 0 Å². The van der Waals surface area contributed by atoms with Gasteiger partial charge in [0, 0.05) is 37.6 Å². The number of nitrogens with zero attached hydrogens (tertiary/aromatic N) is 2. The smallest absolute Gasteiger partial charge is 0.291 e. The fourth-order valence-corrected chi connectivity index (χ4v) is 5.24. The number of likely N-dealkylation sites (N-methyl/N-ethyl adjacent to an activating group) is 1. The number of anilines is 2. The van der Waals surface area contributed by atoms with Crippen molar-refractivity contribution in [1.82, 2.24) is 4.90 Å². The Bertz CT molecular complexity index is 1210. The van der Waals surface area contributed by atoms with Crippen molar-refractivity contribution in [3.05, 3.63) is 77.7 Å². The molecule has 1 aliphatic heterocycles. The number of nitrogens with one attached hydrogen (secondary N) is 1. The van der Waals surface area contributed by atoms with Crippen LogP contribution in [0.1, 0.15) is 28.8 Å². The van der Waals surface area contributed by atoms with Crippen molar-refractivity contribution in [2.75, 3.05) is 42.9 Å². The Balaban J connectivity index is 1.40. The summed E-state index contributed by atoms with van der Waals surface area (Å²) in [5, 5.41) is 2.87. The summed E-state index contributed by atoms with van der Waals surface area (Å²) in [6.45, 7) is 9.29. The highest BCUT2D eigenvalue weighted by atomic mass is 32.2. The summed E-state index contributed by atoms with van der Waals surface area (Å²) in [5.41, 5.74) is 2.80. The maximum Gasteiger partial charge on any atom is 0.291 e. The second-order valence-corrected chi connectivity index (χ2v) is 10.2. The number of sulfone groups is 1. The highest BCUT2D eigenvalue weighted by Crippen LogP contribution is 2.25. The number of furan rings is 1. The van der Waals surface area contributed by atoms with Gasteiger partial charge in [-0.2, -0.15) is 0 Å². The molecule has 1 fully saturated rings. The second kappa shape index (κ2) is 9.80. The minimum atomic E-state index is -3.55. The predicted molar refractivity (Wildman–Crippen MR) is 129 cm³/mol. The first kappa shape index (κ1) is 23.1. The molecule has 2 heterocycles. The molecule has 1 saturated heterocycles. The average molecular weight is 468 g/mol. The number of carbonyl (C=O) groups excluding carboxylic acids is 1. The first-order valence-corrected chi connectivity index (χ1v) is 12.8. The first-order valence-electron chi connectivity index (χ1n) is 11.1. The van der Waals surface area contributed by atoms with Crippen molar-refractivity contribution in [2.24, 2.45) is 0 Å². The van der Waals surface area contributed by atoms with Crippen LogP contribution in [0.4, 0.5) is 11.4 Å². The van der Waals surface area contributed by atoms with Gasteiger partial charge in [0.1, 0.15) is 11.5 Å². The largest absolute Gasteiger partial charge is 0.455 e. The van der Waals surface area contributed by atoms with E-state index in [1.807, 2.05) is 19.1 Å². The molecule has 3 aromatic rings. The van der Waals surface area contributed by atoms with E-state index in [-0.39, 0.29) is 22.2 Å². The number of hydrogen-bond donors (Lipinski definition) is 1. The number of piperazine rings is 1. The highest BCUT2D eigenvalue weighted by Gasteiger charge is 2.20.